The summed E-state index contributed by atoms with van der Waals surface area (Å²) < 4.78 is 23.8. The van der Waals surface area contributed by atoms with Crippen LogP contribution >= 0.6 is 23.2 Å². The topological polar surface area (TPSA) is 91.8 Å². The Kier molecular flexibility index (Phi) is 6.48. The third-order valence-electron chi connectivity index (χ3n) is 3.94. The number of unbranched alkanes of at least 4 members (excludes halogenated alkanes) is 1. The smallest absolute Gasteiger partial charge is 0.306 e. The van der Waals surface area contributed by atoms with E-state index in [9.17, 15) is 23.1 Å². The lowest BCUT2D eigenvalue weighted by Gasteiger charge is -2.16. The molecule has 25 heavy (non-hydrogen) atoms. The fourth-order valence-corrected chi connectivity index (χ4v) is 4.55. The molecular formula is C16H17Cl2NO5S. The Morgan fingerprint density at radius 1 is 1.16 bits per heavy atom. The summed E-state index contributed by atoms with van der Waals surface area (Å²) in [5, 5.41) is 8.83. The van der Waals surface area contributed by atoms with E-state index in [2.05, 4.69) is 0 Å². The van der Waals surface area contributed by atoms with E-state index in [1.807, 2.05) is 30.3 Å². The molecule has 0 spiro atoms. The van der Waals surface area contributed by atoms with Gasteiger partial charge in [0.1, 0.15) is 5.03 Å². The highest BCUT2D eigenvalue weighted by Gasteiger charge is 2.41. The van der Waals surface area contributed by atoms with E-state index in [1.54, 1.807) is 0 Å². The van der Waals surface area contributed by atoms with Crippen LogP contribution in [0.3, 0.4) is 0 Å². The SMILES string of the molecule is O=C(O)C(CCCCN1C(=O)C(Cl)=C(Cl)S1(=O)=O)Cc1ccccc1. The summed E-state index contributed by atoms with van der Waals surface area (Å²) in [6.45, 7) is -0.0781. The molecule has 1 aromatic rings. The summed E-state index contributed by atoms with van der Waals surface area (Å²) in [5.41, 5.74) is 0.926. The lowest BCUT2D eigenvalue weighted by Crippen LogP contribution is -2.32. The molecule has 2 rings (SSSR count). The molecule has 1 amide bonds. The Bertz CT molecular complexity index is 792. The van der Waals surface area contributed by atoms with Gasteiger partial charge in [0.05, 0.1) is 5.92 Å². The molecule has 0 fully saturated rings. The first-order valence-electron chi connectivity index (χ1n) is 7.64. The maximum absolute atomic E-state index is 11.9. The van der Waals surface area contributed by atoms with Crippen molar-refractivity contribution in [1.29, 1.82) is 0 Å². The Hall–Kier alpha value is -1.57. The molecule has 136 valence electrons. The Morgan fingerprint density at radius 2 is 1.80 bits per heavy atom. The molecule has 0 bridgehead atoms. The molecule has 6 nitrogen and oxygen atoms in total. The number of halogens is 2. The zero-order valence-corrected chi connectivity index (χ0v) is 15.5. The molecule has 0 aliphatic carbocycles. The van der Waals surface area contributed by atoms with Gasteiger partial charge in [-0.05, 0) is 24.8 Å². The number of hydrogen-bond donors (Lipinski definition) is 1. The van der Waals surface area contributed by atoms with Crippen LogP contribution in [0.1, 0.15) is 24.8 Å². The first kappa shape index (κ1) is 19.8. The van der Waals surface area contributed by atoms with Gasteiger partial charge in [0.25, 0.3) is 15.9 Å². The normalized spacial score (nSPS) is 17.8. The molecule has 1 aliphatic heterocycles. The van der Waals surface area contributed by atoms with Gasteiger partial charge in [0.2, 0.25) is 0 Å². The number of hydrogen-bond acceptors (Lipinski definition) is 4. The zero-order chi connectivity index (χ0) is 18.6. The summed E-state index contributed by atoms with van der Waals surface area (Å²) in [4.78, 5) is 23.2. The van der Waals surface area contributed by atoms with Crippen LogP contribution in [-0.4, -0.2) is 36.3 Å². The van der Waals surface area contributed by atoms with Gasteiger partial charge in [-0.1, -0.05) is 60.0 Å². The standard InChI is InChI=1S/C16H17Cl2NO5S/c17-13-14(18)25(23,24)19(15(13)20)9-5-4-8-12(16(21)22)10-11-6-2-1-3-7-11/h1-3,6-7,12H,4-5,8-10H2,(H,21,22). The van der Waals surface area contributed by atoms with Gasteiger partial charge in [-0.3, -0.25) is 9.59 Å². The molecular weight excluding hydrogens is 389 g/mol. The van der Waals surface area contributed by atoms with E-state index in [1.165, 1.54) is 0 Å². The van der Waals surface area contributed by atoms with Crippen LogP contribution in [0.25, 0.3) is 0 Å². The minimum absolute atomic E-state index is 0.0781. The molecule has 0 radical (unpaired) electrons. The maximum atomic E-state index is 11.9. The van der Waals surface area contributed by atoms with Crippen molar-refractivity contribution in [3.8, 4) is 0 Å². The van der Waals surface area contributed by atoms with Crippen LogP contribution in [0, 0.1) is 5.92 Å². The second kappa shape index (κ2) is 8.21. The van der Waals surface area contributed by atoms with Crippen molar-refractivity contribution in [2.75, 3.05) is 6.54 Å². The molecule has 1 heterocycles. The van der Waals surface area contributed by atoms with Crippen LogP contribution < -0.4 is 0 Å². The highest BCUT2D eigenvalue weighted by atomic mass is 35.5. The average Bonchev–Trinajstić information content (AvgIpc) is 2.72. The monoisotopic (exact) mass is 405 g/mol. The van der Waals surface area contributed by atoms with E-state index >= 15 is 0 Å². The number of sulfonamides is 1. The van der Waals surface area contributed by atoms with E-state index in [0.717, 1.165) is 5.56 Å². The van der Waals surface area contributed by atoms with Crippen molar-refractivity contribution in [3.63, 3.8) is 0 Å². The lowest BCUT2D eigenvalue weighted by atomic mass is 9.94. The van der Waals surface area contributed by atoms with Crippen LogP contribution in [0.4, 0.5) is 0 Å². The highest BCUT2D eigenvalue weighted by molar-refractivity contribution is 7.95. The van der Waals surface area contributed by atoms with Gasteiger partial charge in [-0.15, -0.1) is 0 Å². The molecule has 1 aliphatic rings. The maximum Gasteiger partial charge on any atom is 0.306 e. The Balaban J connectivity index is 1.87. The van der Waals surface area contributed by atoms with Gasteiger partial charge in [0, 0.05) is 6.54 Å². The van der Waals surface area contributed by atoms with Gasteiger partial charge < -0.3 is 5.11 Å². The van der Waals surface area contributed by atoms with E-state index in [0.29, 0.717) is 30.0 Å². The van der Waals surface area contributed by atoms with E-state index in [-0.39, 0.29) is 6.54 Å². The molecule has 1 unspecified atom stereocenters. The summed E-state index contributed by atoms with van der Waals surface area (Å²) in [6.07, 6.45) is 1.56. The van der Waals surface area contributed by atoms with Gasteiger partial charge in [-0.25, -0.2) is 4.31 Å². The third-order valence-corrected chi connectivity index (χ3v) is 6.86. The van der Waals surface area contributed by atoms with Gasteiger partial charge in [0.15, 0.2) is 4.36 Å². The number of nitrogens with zero attached hydrogens (tertiary/aromatic N) is 1. The number of carbonyl (C=O) groups excluding carboxylic acids is 1. The third kappa shape index (κ3) is 4.54. The zero-order valence-electron chi connectivity index (χ0n) is 13.2. The number of carbonyl (C=O) groups is 2. The van der Waals surface area contributed by atoms with Crippen molar-refractivity contribution in [1.82, 2.24) is 4.31 Å². The average molecular weight is 406 g/mol. The van der Waals surface area contributed by atoms with Crippen LogP contribution in [0.15, 0.2) is 39.7 Å². The predicted molar refractivity (Wildman–Crippen MR) is 94.5 cm³/mol. The minimum Gasteiger partial charge on any atom is -0.481 e. The fourth-order valence-electron chi connectivity index (χ4n) is 2.59. The number of carboxylic acids is 1. The molecule has 0 saturated carbocycles. The van der Waals surface area contributed by atoms with Crippen molar-refractivity contribution in [2.24, 2.45) is 5.92 Å². The molecule has 1 aromatic carbocycles. The largest absolute Gasteiger partial charge is 0.481 e. The second-order valence-electron chi connectivity index (χ2n) is 5.69. The van der Waals surface area contributed by atoms with E-state index < -0.39 is 37.2 Å². The van der Waals surface area contributed by atoms with Crippen molar-refractivity contribution < 1.29 is 23.1 Å². The summed E-state index contributed by atoms with van der Waals surface area (Å²) >= 11 is 11.1. The molecule has 0 saturated heterocycles. The van der Waals surface area contributed by atoms with E-state index in [4.69, 9.17) is 23.2 Å². The first-order valence-corrected chi connectivity index (χ1v) is 9.84. The first-order chi connectivity index (χ1) is 11.7. The van der Waals surface area contributed by atoms with Crippen molar-refractivity contribution in [2.45, 2.75) is 25.7 Å². The molecule has 1 N–H and O–H groups in total. The molecule has 1 atom stereocenters. The quantitative estimate of drug-likeness (QED) is 0.671. The van der Waals surface area contributed by atoms with Crippen molar-refractivity contribution >= 4 is 45.1 Å². The highest BCUT2D eigenvalue weighted by Crippen LogP contribution is 2.33. The van der Waals surface area contributed by atoms with Crippen molar-refractivity contribution in [3.05, 3.63) is 45.3 Å². The van der Waals surface area contributed by atoms with Gasteiger partial charge >= 0.3 is 5.97 Å². The van der Waals surface area contributed by atoms with Crippen LogP contribution in [0.2, 0.25) is 0 Å². The minimum atomic E-state index is -4.05. The molecule has 9 heteroatoms. The number of aliphatic carboxylic acids is 1. The second-order valence-corrected chi connectivity index (χ2v) is 8.47. The fraction of sp³-hybridized carbons (Fsp3) is 0.375. The predicted octanol–water partition coefficient (Wildman–Crippen LogP) is 2.92. The van der Waals surface area contributed by atoms with Gasteiger partial charge in [-0.2, -0.15) is 8.42 Å². The summed E-state index contributed by atoms with van der Waals surface area (Å²) in [5.74, 6) is -2.31. The number of benzene rings is 1. The van der Waals surface area contributed by atoms with Crippen LogP contribution in [0.5, 0.6) is 0 Å². The Labute approximate surface area is 156 Å². The summed E-state index contributed by atoms with van der Waals surface area (Å²) in [7, 11) is -4.05. The van der Waals surface area contributed by atoms with Crippen LogP contribution in [-0.2, 0) is 26.0 Å². The number of amides is 1. The Morgan fingerprint density at radius 3 is 2.32 bits per heavy atom. The molecule has 0 aromatic heterocycles. The number of rotatable bonds is 8. The number of carboxylic acid groups (broad SMARTS) is 1. The summed E-state index contributed by atoms with van der Waals surface area (Å²) in [6, 6.07) is 9.27. The lowest BCUT2D eigenvalue weighted by molar-refractivity contribution is -0.142.